The van der Waals surface area contributed by atoms with Crippen molar-refractivity contribution in [2.24, 2.45) is 0 Å². The minimum Gasteiger partial charge on any atom is -0.492 e. The number of para-hydroxylation sites is 1. The zero-order valence-corrected chi connectivity index (χ0v) is 12.4. The maximum absolute atomic E-state index is 11.8. The minimum absolute atomic E-state index is 0.0685. The van der Waals surface area contributed by atoms with Crippen molar-refractivity contribution < 1.29 is 9.53 Å². The number of carbonyl (C=O) groups excluding carboxylic acids is 1. The molecule has 2 rings (SSSR count). The summed E-state index contributed by atoms with van der Waals surface area (Å²) >= 11 is 3.41. The third-order valence-corrected chi connectivity index (χ3v) is 3.78. The smallest absolute Gasteiger partial charge is 0.223 e. The van der Waals surface area contributed by atoms with Crippen molar-refractivity contribution in [2.75, 3.05) is 19.7 Å². The molecule has 2 N–H and O–H groups in total. The number of hydrogen-bond acceptors (Lipinski definition) is 3. The number of rotatable bonds is 5. The fraction of sp³-hybridized carbons (Fsp3) is 0.500. The van der Waals surface area contributed by atoms with Gasteiger partial charge in [0.25, 0.3) is 0 Å². The molecule has 1 fully saturated rings. The van der Waals surface area contributed by atoms with Crippen LogP contribution in [0.5, 0.6) is 5.75 Å². The lowest BCUT2D eigenvalue weighted by Crippen LogP contribution is -2.43. The molecule has 104 valence electrons. The number of piperidine rings is 1. The van der Waals surface area contributed by atoms with Gasteiger partial charge in [0.15, 0.2) is 0 Å². The molecule has 1 heterocycles. The van der Waals surface area contributed by atoms with Crippen LogP contribution in [0.4, 0.5) is 0 Å². The van der Waals surface area contributed by atoms with Gasteiger partial charge in [-0.05, 0) is 54.0 Å². The van der Waals surface area contributed by atoms with Gasteiger partial charge in [-0.3, -0.25) is 4.79 Å². The van der Waals surface area contributed by atoms with Crippen molar-refractivity contribution in [1.82, 2.24) is 10.6 Å². The van der Waals surface area contributed by atoms with Crippen LogP contribution in [0, 0.1) is 0 Å². The lowest BCUT2D eigenvalue weighted by Gasteiger charge is -2.23. The molecule has 1 aliphatic rings. The Morgan fingerprint density at radius 1 is 1.37 bits per heavy atom. The van der Waals surface area contributed by atoms with Gasteiger partial charge in [0.1, 0.15) is 5.75 Å². The van der Waals surface area contributed by atoms with Crippen LogP contribution in [-0.4, -0.2) is 31.6 Å². The van der Waals surface area contributed by atoms with Crippen LogP contribution < -0.4 is 15.4 Å². The van der Waals surface area contributed by atoms with Gasteiger partial charge < -0.3 is 15.4 Å². The van der Waals surface area contributed by atoms with E-state index in [0.29, 0.717) is 19.1 Å². The molecule has 0 saturated carbocycles. The number of halogens is 1. The Morgan fingerprint density at radius 2 is 2.11 bits per heavy atom. The van der Waals surface area contributed by atoms with Crippen LogP contribution in [0.25, 0.3) is 0 Å². The Kier molecular flexibility index (Phi) is 5.66. The summed E-state index contributed by atoms with van der Waals surface area (Å²) in [7, 11) is 0. The summed E-state index contributed by atoms with van der Waals surface area (Å²) in [5.41, 5.74) is 0. The lowest BCUT2D eigenvalue weighted by atomic mass is 10.1. The number of nitrogens with one attached hydrogen (secondary N) is 2. The summed E-state index contributed by atoms with van der Waals surface area (Å²) in [4.78, 5) is 11.8. The molecule has 1 amide bonds. The van der Waals surface area contributed by atoms with Gasteiger partial charge >= 0.3 is 0 Å². The summed E-state index contributed by atoms with van der Waals surface area (Å²) in [5, 5.41) is 6.33. The van der Waals surface area contributed by atoms with Gasteiger partial charge in [-0.1, -0.05) is 12.1 Å². The average molecular weight is 327 g/mol. The summed E-state index contributed by atoms with van der Waals surface area (Å²) in [5.74, 6) is 0.844. The summed E-state index contributed by atoms with van der Waals surface area (Å²) in [6.07, 6.45) is 2.42. The van der Waals surface area contributed by atoms with E-state index in [9.17, 15) is 4.79 Å². The number of amides is 1. The van der Waals surface area contributed by atoms with Crippen molar-refractivity contribution in [2.45, 2.75) is 25.3 Å². The average Bonchev–Trinajstić information content (AvgIpc) is 2.42. The Morgan fingerprint density at radius 3 is 2.84 bits per heavy atom. The predicted octanol–water partition coefficient (Wildman–Crippen LogP) is 2.09. The molecule has 1 aromatic rings. The van der Waals surface area contributed by atoms with Crippen molar-refractivity contribution in [3.63, 3.8) is 0 Å². The Balaban J connectivity index is 1.67. The second-order valence-corrected chi connectivity index (χ2v) is 5.48. The van der Waals surface area contributed by atoms with E-state index in [0.717, 1.165) is 36.2 Å². The molecule has 0 bridgehead atoms. The monoisotopic (exact) mass is 326 g/mol. The first kappa shape index (κ1) is 14.3. The van der Waals surface area contributed by atoms with Crippen LogP contribution in [0.3, 0.4) is 0 Å². The van der Waals surface area contributed by atoms with E-state index in [4.69, 9.17) is 4.74 Å². The van der Waals surface area contributed by atoms with Crippen LogP contribution in [0.15, 0.2) is 28.7 Å². The van der Waals surface area contributed by atoms with E-state index in [-0.39, 0.29) is 5.91 Å². The first-order chi connectivity index (χ1) is 9.25. The molecule has 1 saturated heterocycles. The van der Waals surface area contributed by atoms with Crippen molar-refractivity contribution in [3.05, 3.63) is 28.7 Å². The maximum Gasteiger partial charge on any atom is 0.223 e. The first-order valence-corrected chi connectivity index (χ1v) is 7.42. The summed E-state index contributed by atoms with van der Waals surface area (Å²) in [6, 6.07) is 7.96. The third kappa shape index (κ3) is 4.84. The molecule has 0 radical (unpaired) electrons. The fourth-order valence-corrected chi connectivity index (χ4v) is 2.48. The summed E-state index contributed by atoms with van der Waals surface area (Å²) in [6.45, 7) is 2.37. The zero-order valence-electron chi connectivity index (χ0n) is 10.8. The van der Waals surface area contributed by atoms with E-state index in [1.165, 1.54) is 0 Å². The Bertz CT molecular complexity index is 420. The highest BCUT2D eigenvalue weighted by molar-refractivity contribution is 9.10. The van der Waals surface area contributed by atoms with Gasteiger partial charge in [-0.15, -0.1) is 0 Å². The molecule has 0 aliphatic carbocycles. The minimum atomic E-state index is 0.0685. The highest BCUT2D eigenvalue weighted by Gasteiger charge is 2.15. The van der Waals surface area contributed by atoms with Gasteiger partial charge in [0.05, 0.1) is 17.5 Å². The fourth-order valence-electron chi connectivity index (χ4n) is 2.08. The number of benzene rings is 1. The Hall–Kier alpha value is -1.07. The molecule has 19 heavy (non-hydrogen) atoms. The molecule has 0 unspecified atom stereocenters. The first-order valence-electron chi connectivity index (χ1n) is 6.63. The molecule has 5 heteroatoms. The number of carbonyl (C=O) groups is 1. The zero-order chi connectivity index (χ0) is 13.5. The number of hydrogen-bond donors (Lipinski definition) is 2. The SMILES string of the molecule is O=C(CCOc1ccccc1Br)NC1CCNCC1. The van der Waals surface area contributed by atoms with Crippen LogP contribution in [0.2, 0.25) is 0 Å². The second kappa shape index (κ2) is 7.50. The molecule has 0 spiro atoms. The highest BCUT2D eigenvalue weighted by Crippen LogP contribution is 2.23. The molecule has 0 aromatic heterocycles. The standard InChI is InChI=1S/C14H19BrN2O2/c15-12-3-1-2-4-13(12)19-10-7-14(18)17-11-5-8-16-9-6-11/h1-4,11,16H,5-10H2,(H,17,18). The number of ether oxygens (including phenoxy) is 1. The molecular weight excluding hydrogens is 308 g/mol. The van der Waals surface area contributed by atoms with E-state index in [2.05, 4.69) is 26.6 Å². The van der Waals surface area contributed by atoms with Crippen molar-refractivity contribution in [1.29, 1.82) is 0 Å². The largest absolute Gasteiger partial charge is 0.492 e. The Labute approximate surface area is 122 Å². The van der Waals surface area contributed by atoms with Crippen LogP contribution in [-0.2, 0) is 4.79 Å². The normalized spacial score (nSPS) is 16.1. The summed E-state index contributed by atoms with van der Waals surface area (Å²) < 4.78 is 6.49. The molecule has 0 atom stereocenters. The quantitative estimate of drug-likeness (QED) is 0.871. The highest BCUT2D eigenvalue weighted by atomic mass is 79.9. The van der Waals surface area contributed by atoms with Crippen molar-refractivity contribution in [3.8, 4) is 5.75 Å². The van der Waals surface area contributed by atoms with Crippen LogP contribution >= 0.6 is 15.9 Å². The second-order valence-electron chi connectivity index (χ2n) is 4.62. The third-order valence-electron chi connectivity index (χ3n) is 3.13. The van der Waals surface area contributed by atoms with E-state index >= 15 is 0 Å². The predicted molar refractivity (Wildman–Crippen MR) is 78.3 cm³/mol. The lowest BCUT2D eigenvalue weighted by molar-refractivity contribution is -0.122. The molecule has 4 nitrogen and oxygen atoms in total. The molecule has 1 aliphatic heterocycles. The topological polar surface area (TPSA) is 50.4 Å². The van der Waals surface area contributed by atoms with Gasteiger partial charge in [0, 0.05) is 6.04 Å². The van der Waals surface area contributed by atoms with Gasteiger partial charge in [-0.2, -0.15) is 0 Å². The van der Waals surface area contributed by atoms with E-state index in [1.54, 1.807) is 0 Å². The van der Waals surface area contributed by atoms with E-state index < -0.39 is 0 Å². The maximum atomic E-state index is 11.8. The molecular formula is C14H19BrN2O2. The van der Waals surface area contributed by atoms with E-state index in [1.807, 2.05) is 24.3 Å². The molecule has 1 aromatic carbocycles. The van der Waals surface area contributed by atoms with Gasteiger partial charge in [0.2, 0.25) is 5.91 Å². The van der Waals surface area contributed by atoms with Crippen molar-refractivity contribution >= 4 is 21.8 Å². The van der Waals surface area contributed by atoms with Gasteiger partial charge in [-0.25, -0.2) is 0 Å². The van der Waals surface area contributed by atoms with Crippen LogP contribution in [0.1, 0.15) is 19.3 Å².